The summed E-state index contributed by atoms with van der Waals surface area (Å²) in [5.41, 5.74) is 14.5. The number of anilines is 3. The number of para-hydroxylation sites is 3. The number of furan rings is 1. The van der Waals surface area contributed by atoms with Crippen LogP contribution in [0.3, 0.4) is 0 Å². The van der Waals surface area contributed by atoms with Gasteiger partial charge >= 0.3 is 0 Å². The van der Waals surface area contributed by atoms with Crippen molar-refractivity contribution in [3.05, 3.63) is 224 Å². The van der Waals surface area contributed by atoms with Crippen molar-refractivity contribution >= 4 is 81.3 Å². The maximum atomic E-state index is 6.46. The zero-order chi connectivity index (χ0) is 40.3. The molecule has 0 aliphatic carbocycles. The van der Waals surface area contributed by atoms with Crippen molar-refractivity contribution in [3.63, 3.8) is 0 Å². The molecule has 12 aromatic rings. The topological polar surface area (TPSA) is 16.4 Å². The Kier molecular flexibility index (Phi) is 8.39. The van der Waals surface area contributed by atoms with Crippen molar-refractivity contribution in [2.45, 2.75) is 0 Å². The van der Waals surface area contributed by atoms with Crippen molar-refractivity contribution in [1.29, 1.82) is 0 Å². The van der Waals surface area contributed by atoms with Gasteiger partial charge in [0.1, 0.15) is 11.2 Å². The first-order chi connectivity index (χ1) is 30.2. The zero-order valence-electron chi connectivity index (χ0n) is 33.1. The van der Waals surface area contributed by atoms with Crippen LogP contribution in [-0.2, 0) is 0 Å². The van der Waals surface area contributed by atoms with Gasteiger partial charge in [-0.05, 0) is 81.1 Å². The van der Waals surface area contributed by atoms with Crippen LogP contribution in [0, 0.1) is 0 Å². The molecule has 61 heavy (non-hydrogen) atoms. The minimum Gasteiger partial charge on any atom is -0.455 e. The van der Waals surface area contributed by atoms with Crippen LogP contribution in [-0.4, -0.2) is 0 Å². The molecule has 2 nitrogen and oxygen atoms in total. The normalized spacial score (nSPS) is 11.6. The van der Waals surface area contributed by atoms with Crippen molar-refractivity contribution in [2.75, 3.05) is 4.90 Å². The van der Waals surface area contributed by atoms with Gasteiger partial charge in [-0.3, -0.25) is 0 Å². The van der Waals surface area contributed by atoms with Gasteiger partial charge in [0.2, 0.25) is 0 Å². The Morgan fingerprint density at radius 3 is 1.64 bits per heavy atom. The molecule has 0 aliphatic rings. The van der Waals surface area contributed by atoms with E-state index in [2.05, 4.69) is 217 Å². The van der Waals surface area contributed by atoms with E-state index in [0.29, 0.717) is 0 Å². The minimum absolute atomic E-state index is 0.905. The summed E-state index contributed by atoms with van der Waals surface area (Å²) in [6.07, 6.45) is 0. The molecule has 0 spiro atoms. The average Bonchev–Trinajstić information content (AvgIpc) is 3.91. The van der Waals surface area contributed by atoms with E-state index in [1.807, 2.05) is 23.5 Å². The maximum absolute atomic E-state index is 6.46. The first kappa shape index (κ1) is 35.2. The molecule has 0 atom stereocenters. The number of hydrogen-bond donors (Lipinski definition) is 0. The number of nitrogens with zero attached hydrogens (tertiary/aromatic N) is 1. The van der Waals surface area contributed by atoms with Gasteiger partial charge in [0.05, 0.1) is 5.69 Å². The Hall–Kier alpha value is -7.72. The number of rotatable bonds is 7. The van der Waals surface area contributed by atoms with Crippen LogP contribution in [0.25, 0.3) is 97.4 Å². The molecule has 0 amide bonds. The smallest absolute Gasteiger partial charge is 0.143 e. The Balaban J connectivity index is 0.966. The van der Waals surface area contributed by atoms with Crippen LogP contribution in [0.1, 0.15) is 0 Å². The van der Waals surface area contributed by atoms with E-state index < -0.39 is 0 Å². The van der Waals surface area contributed by atoms with E-state index in [1.165, 1.54) is 64.3 Å². The number of fused-ring (bicyclic) bond motifs is 7. The van der Waals surface area contributed by atoms with Crippen LogP contribution in [0.2, 0.25) is 0 Å². The predicted octanol–water partition coefficient (Wildman–Crippen LogP) is 17.2. The van der Waals surface area contributed by atoms with E-state index in [9.17, 15) is 0 Å². The van der Waals surface area contributed by atoms with Gasteiger partial charge in [0, 0.05) is 59.0 Å². The van der Waals surface area contributed by atoms with Crippen LogP contribution in [0.5, 0.6) is 0 Å². The highest BCUT2D eigenvalue weighted by atomic mass is 32.1. The second-order valence-corrected chi connectivity index (χ2v) is 16.7. The SMILES string of the molecule is c1ccc(N(c2ccc(-c3ccc(-c4cccc5ccccc45)cc3)cc2)c2ccc(-c3cccc4c3oc3ccccc34)cc2)c(-c2cccc3c2sc2ccccc23)c1. The molecule has 0 aliphatic heterocycles. The van der Waals surface area contributed by atoms with Gasteiger partial charge in [-0.1, -0.05) is 182 Å². The molecule has 0 radical (unpaired) electrons. The molecular formula is C58H37NOS. The summed E-state index contributed by atoms with van der Waals surface area (Å²) < 4.78 is 9.06. The van der Waals surface area contributed by atoms with Gasteiger partial charge < -0.3 is 9.32 Å². The standard InChI is InChI=1S/C58H37NOS/c1-2-14-45-40(12-1)13-9-18-46(45)41-28-26-38(27-29-41)39-30-34-43(35-31-39)59(44-36-32-42(33-37-44)47-19-10-20-51-49-16-4-7-24-55(49)60-57(47)51)54-23-6-3-15-48(54)52-21-11-22-53-50-17-5-8-25-56(50)61-58(52)53/h1-37H. The molecule has 10 aromatic carbocycles. The number of benzene rings is 10. The van der Waals surface area contributed by atoms with Crippen LogP contribution in [0.15, 0.2) is 229 Å². The van der Waals surface area contributed by atoms with E-state index >= 15 is 0 Å². The molecule has 0 saturated carbocycles. The molecule has 12 rings (SSSR count). The second kappa shape index (κ2) is 14.5. The van der Waals surface area contributed by atoms with Gasteiger partial charge in [-0.25, -0.2) is 0 Å². The molecule has 286 valence electrons. The van der Waals surface area contributed by atoms with Crippen molar-refractivity contribution in [3.8, 4) is 44.5 Å². The van der Waals surface area contributed by atoms with Crippen molar-refractivity contribution < 1.29 is 4.42 Å². The lowest BCUT2D eigenvalue weighted by molar-refractivity contribution is 0.670. The fourth-order valence-electron chi connectivity index (χ4n) is 9.17. The lowest BCUT2D eigenvalue weighted by Gasteiger charge is -2.28. The van der Waals surface area contributed by atoms with Crippen LogP contribution >= 0.6 is 11.3 Å². The summed E-state index contributed by atoms with van der Waals surface area (Å²) in [5.74, 6) is 0. The summed E-state index contributed by atoms with van der Waals surface area (Å²) >= 11 is 1.87. The molecule has 0 bridgehead atoms. The lowest BCUT2D eigenvalue weighted by Crippen LogP contribution is -2.11. The molecule has 0 N–H and O–H groups in total. The summed E-state index contributed by atoms with van der Waals surface area (Å²) in [4.78, 5) is 2.40. The highest BCUT2D eigenvalue weighted by molar-refractivity contribution is 7.26. The second-order valence-electron chi connectivity index (χ2n) is 15.6. The molecular weight excluding hydrogens is 759 g/mol. The van der Waals surface area contributed by atoms with Crippen LogP contribution in [0.4, 0.5) is 17.1 Å². The highest BCUT2D eigenvalue weighted by Crippen LogP contribution is 2.47. The number of thiophene rings is 1. The van der Waals surface area contributed by atoms with Crippen molar-refractivity contribution in [1.82, 2.24) is 0 Å². The third kappa shape index (κ3) is 6.01. The Bertz CT molecular complexity index is 3570. The van der Waals surface area contributed by atoms with E-state index in [0.717, 1.165) is 50.1 Å². The van der Waals surface area contributed by atoms with Crippen molar-refractivity contribution in [2.24, 2.45) is 0 Å². The third-order valence-corrected chi connectivity index (χ3v) is 13.3. The first-order valence-electron chi connectivity index (χ1n) is 20.7. The molecule has 3 heteroatoms. The molecule has 2 aromatic heterocycles. The third-order valence-electron chi connectivity index (χ3n) is 12.1. The highest BCUT2D eigenvalue weighted by Gasteiger charge is 2.20. The van der Waals surface area contributed by atoms with Gasteiger partial charge in [-0.2, -0.15) is 0 Å². The quantitative estimate of drug-likeness (QED) is 0.160. The molecule has 2 heterocycles. The maximum Gasteiger partial charge on any atom is 0.143 e. The fourth-order valence-corrected chi connectivity index (χ4v) is 10.4. The molecule has 0 fully saturated rings. The van der Waals surface area contributed by atoms with Gasteiger partial charge in [-0.15, -0.1) is 11.3 Å². The monoisotopic (exact) mass is 795 g/mol. The van der Waals surface area contributed by atoms with E-state index in [4.69, 9.17) is 4.42 Å². The Morgan fingerprint density at radius 1 is 0.328 bits per heavy atom. The Morgan fingerprint density at radius 2 is 0.836 bits per heavy atom. The largest absolute Gasteiger partial charge is 0.455 e. The summed E-state index contributed by atoms with van der Waals surface area (Å²) in [7, 11) is 0. The fraction of sp³-hybridized carbons (Fsp3) is 0. The summed E-state index contributed by atoms with van der Waals surface area (Å²) in [6.45, 7) is 0. The summed E-state index contributed by atoms with van der Waals surface area (Å²) in [5, 5.41) is 7.38. The molecule has 0 unspecified atom stereocenters. The van der Waals surface area contributed by atoms with Gasteiger partial charge in [0.25, 0.3) is 0 Å². The first-order valence-corrected chi connectivity index (χ1v) is 21.6. The van der Waals surface area contributed by atoms with Gasteiger partial charge in [0.15, 0.2) is 0 Å². The summed E-state index contributed by atoms with van der Waals surface area (Å²) in [6, 6.07) is 81.1. The van der Waals surface area contributed by atoms with E-state index in [1.54, 1.807) is 0 Å². The lowest BCUT2D eigenvalue weighted by atomic mass is 9.96. The molecule has 0 saturated heterocycles. The Labute approximate surface area is 357 Å². The zero-order valence-corrected chi connectivity index (χ0v) is 33.9. The minimum atomic E-state index is 0.905. The predicted molar refractivity (Wildman–Crippen MR) is 261 cm³/mol. The number of hydrogen-bond acceptors (Lipinski definition) is 3. The van der Waals surface area contributed by atoms with Crippen LogP contribution < -0.4 is 4.90 Å². The van der Waals surface area contributed by atoms with E-state index in [-0.39, 0.29) is 0 Å². The average molecular weight is 796 g/mol.